The smallest absolute Gasteiger partial charge is 0.244 e. The van der Waals surface area contributed by atoms with Gasteiger partial charge in [-0.2, -0.15) is 4.31 Å². The topological polar surface area (TPSA) is 67.9 Å². The van der Waals surface area contributed by atoms with Gasteiger partial charge in [-0.1, -0.05) is 18.5 Å². The summed E-state index contributed by atoms with van der Waals surface area (Å²) in [5.74, 6) is 1.45. The van der Waals surface area contributed by atoms with Crippen LogP contribution >= 0.6 is 11.6 Å². The molecule has 0 atom stereocenters. The van der Waals surface area contributed by atoms with Crippen molar-refractivity contribution in [2.24, 2.45) is 5.92 Å². The van der Waals surface area contributed by atoms with Crippen molar-refractivity contribution in [2.75, 3.05) is 39.4 Å². The molecule has 1 saturated heterocycles. The Balaban J connectivity index is 1.76. The van der Waals surface area contributed by atoms with E-state index in [1.807, 2.05) is 0 Å². The average Bonchev–Trinajstić information content (AvgIpc) is 2.59. The van der Waals surface area contributed by atoms with Gasteiger partial charge in [0.05, 0.1) is 5.02 Å². The van der Waals surface area contributed by atoms with E-state index in [-0.39, 0.29) is 9.92 Å². The highest BCUT2D eigenvalue weighted by molar-refractivity contribution is 7.89. The first-order valence-corrected chi connectivity index (χ1v) is 10.1. The number of sulfonamides is 1. The maximum absolute atomic E-state index is 12.9. The van der Waals surface area contributed by atoms with Gasteiger partial charge in [-0.15, -0.1) is 0 Å². The van der Waals surface area contributed by atoms with Crippen LogP contribution in [0.5, 0.6) is 11.5 Å². The molecular formula is C16H23ClN2O4S. The standard InChI is InChI=1S/C16H23ClN2O4S/c1-2-18-11-12-3-5-19(6-4-12)24(20,21)16-10-15-14(9-13(16)17)22-7-8-23-15/h9-10,12,18H,2-8,11H2,1H3. The van der Waals surface area contributed by atoms with Crippen molar-refractivity contribution in [3.63, 3.8) is 0 Å². The molecule has 134 valence electrons. The summed E-state index contributed by atoms with van der Waals surface area (Å²) in [5, 5.41) is 3.50. The molecule has 0 spiro atoms. The molecule has 1 N–H and O–H groups in total. The van der Waals surface area contributed by atoms with Crippen LogP contribution in [0, 0.1) is 5.92 Å². The number of nitrogens with one attached hydrogen (secondary N) is 1. The van der Waals surface area contributed by atoms with Gasteiger partial charge < -0.3 is 14.8 Å². The minimum Gasteiger partial charge on any atom is -0.486 e. The Bertz CT molecular complexity index is 688. The number of hydrogen-bond acceptors (Lipinski definition) is 5. The van der Waals surface area contributed by atoms with Crippen molar-refractivity contribution in [3.8, 4) is 11.5 Å². The molecule has 0 amide bonds. The van der Waals surface area contributed by atoms with Gasteiger partial charge >= 0.3 is 0 Å². The number of piperidine rings is 1. The summed E-state index contributed by atoms with van der Waals surface area (Å²) in [6.45, 7) is 5.83. The average molecular weight is 375 g/mol. The van der Waals surface area contributed by atoms with Gasteiger partial charge in [0.2, 0.25) is 10.0 Å². The highest BCUT2D eigenvalue weighted by Crippen LogP contribution is 2.38. The van der Waals surface area contributed by atoms with Gasteiger partial charge in [0, 0.05) is 25.2 Å². The van der Waals surface area contributed by atoms with Crippen LogP contribution in [0.25, 0.3) is 0 Å². The lowest BCUT2D eigenvalue weighted by molar-refractivity contribution is 0.171. The van der Waals surface area contributed by atoms with Gasteiger partial charge in [0.25, 0.3) is 0 Å². The number of hydrogen-bond donors (Lipinski definition) is 1. The highest BCUT2D eigenvalue weighted by Gasteiger charge is 2.32. The summed E-state index contributed by atoms with van der Waals surface area (Å²) < 4.78 is 38.3. The fourth-order valence-electron chi connectivity index (χ4n) is 3.08. The molecule has 0 bridgehead atoms. The summed E-state index contributed by atoms with van der Waals surface area (Å²) >= 11 is 6.21. The van der Waals surface area contributed by atoms with Crippen LogP contribution in [0.1, 0.15) is 19.8 Å². The van der Waals surface area contributed by atoms with Gasteiger partial charge in [0.1, 0.15) is 18.1 Å². The number of rotatable bonds is 5. The van der Waals surface area contributed by atoms with Crippen LogP contribution < -0.4 is 14.8 Å². The Hall–Kier alpha value is -1.02. The van der Waals surface area contributed by atoms with Gasteiger partial charge in [-0.05, 0) is 31.8 Å². The summed E-state index contributed by atoms with van der Waals surface area (Å²) in [4.78, 5) is 0.0959. The number of nitrogens with zero attached hydrogens (tertiary/aromatic N) is 1. The predicted octanol–water partition coefficient (Wildman–Crippen LogP) is 2.12. The lowest BCUT2D eigenvalue weighted by atomic mass is 9.98. The lowest BCUT2D eigenvalue weighted by Crippen LogP contribution is -2.40. The minimum atomic E-state index is -3.62. The molecule has 1 aromatic rings. The SMILES string of the molecule is CCNCC1CCN(S(=O)(=O)c2cc3c(cc2Cl)OCCO3)CC1. The summed E-state index contributed by atoms with van der Waals surface area (Å²) in [6.07, 6.45) is 1.71. The Labute approximate surface area is 148 Å². The highest BCUT2D eigenvalue weighted by atomic mass is 35.5. The van der Waals surface area contributed by atoms with Crippen LogP contribution in [0.15, 0.2) is 17.0 Å². The Morgan fingerprint density at radius 2 is 1.83 bits per heavy atom. The molecule has 0 unspecified atom stereocenters. The molecule has 2 heterocycles. The number of fused-ring (bicyclic) bond motifs is 1. The molecular weight excluding hydrogens is 352 g/mol. The van der Waals surface area contributed by atoms with E-state index in [1.165, 1.54) is 16.4 Å². The second kappa shape index (κ2) is 7.47. The van der Waals surface area contributed by atoms with E-state index in [9.17, 15) is 8.42 Å². The Morgan fingerprint density at radius 1 is 1.21 bits per heavy atom. The van der Waals surface area contributed by atoms with E-state index < -0.39 is 10.0 Å². The molecule has 6 nitrogen and oxygen atoms in total. The zero-order valence-corrected chi connectivity index (χ0v) is 15.3. The third-order valence-electron chi connectivity index (χ3n) is 4.47. The molecule has 1 aromatic carbocycles. The lowest BCUT2D eigenvalue weighted by Gasteiger charge is -2.31. The summed E-state index contributed by atoms with van der Waals surface area (Å²) in [7, 11) is -3.62. The summed E-state index contributed by atoms with van der Waals surface area (Å²) in [5.41, 5.74) is 0. The first-order valence-electron chi connectivity index (χ1n) is 8.32. The fourth-order valence-corrected chi connectivity index (χ4v) is 5.06. The van der Waals surface area contributed by atoms with Crippen LogP contribution in [0.4, 0.5) is 0 Å². The van der Waals surface area contributed by atoms with Crippen LogP contribution in [-0.2, 0) is 10.0 Å². The van der Waals surface area contributed by atoms with Crippen molar-refractivity contribution >= 4 is 21.6 Å². The summed E-state index contributed by atoms with van der Waals surface area (Å²) in [6, 6.07) is 3.01. The van der Waals surface area contributed by atoms with Gasteiger partial charge in [-0.3, -0.25) is 0 Å². The molecule has 2 aliphatic heterocycles. The first kappa shape index (κ1) is 17.8. The predicted molar refractivity (Wildman–Crippen MR) is 92.5 cm³/mol. The quantitative estimate of drug-likeness (QED) is 0.855. The Kier molecular flexibility index (Phi) is 5.54. The second-order valence-electron chi connectivity index (χ2n) is 6.08. The molecule has 8 heteroatoms. The third-order valence-corrected chi connectivity index (χ3v) is 6.83. The zero-order valence-electron chi connectivity index (χ0n) is 13.8. The van der Waals surface area contributed by atoms with Crippen LogP contribution in [0.2, 0.25) is 5.02 Å². The van der Waals surface area contributed by atoms with Crippen molar-refractivity contribution in [2.45, 2.75) is 24.7 Å². The van der Waals surface area contributed by atoms with Gasteiger partial charge in [-0.25, -0.2) is 8.42 Å². The van der Waals surface area contributed by atoms with E-state index in [1.54, 1.807) is 0 Å². The maximum Gasteiger partial charge on any atom is 0.244 e. The van der Waals surface area contributed by atoms with Crippen molar-refractivity contribution in [1.82, 2.24) is 9.62 Å². The van der Waals surface area contributed by atoms with Crippen molar-refractivity contribution in [1.29, 1.82) is 0 Å². The fraction of sp³-hybridized carbons (Fsp3) is 0.625. The largest absolute Gasteiger partial charge is 0.486 e. The van der Waals surface area contributed by atoms with Crippen molar-refractivity contribution < 1.29 is 17.9 Å². The monoisotopic (exact) mass is 374 g/mol. The molecule has 24 heavy (non-hydrogen) atoms. The normalized spacial score (nSPS) is 19.4. The molecule has 3 rings (SSSR count). The molecule has 0 radical (unpaired) electrons. The van der Waals surface area contributed by atoms with E-state index in [2.05, 4.69) is 12.2 Å². The van der Waals surface area contributed by atoms with Crippen LogP contribution in [-0.4, -0.2) is 52.1 Å². The molecule has 1 fully saturated rings. The molecule has 0 aromatic heterocycles. The van der Waals surface area contributed by atoms with E-state index in [0.717, 1.165) is 25.9 Å². The first-order chi connectivity index (χ1) is 11.5. The molecule has 2 aliphatic rings. The molecule has 0 saturated carbocycles. The number of halogens is 1. The van der Waals surface area contributed by atoms with E-state index in [0.29, 0.717) is 43.7 Å². The zero-order chi connectivity index (χ0) is 17.2. The maximum atomic E-state index is 12.9. The van der Waals surface area contributed by atoms with Crippen molar-refractivity contribution in [3.05, 3.63) is 17.2 Å². The van der Waals surface area contributed by atoms with E-state index >= 15 is 0 Å². The number of benzene rings is 1. The molecule has 0 aliphatic carbocycles. The number of ether oxygens (including phenoxy) is 2. The minimum absolute atomic E-state index is 0.0959. The third kappa shape index (κ3) is 3.64. The van der Waals surface area contributed by atoms with E-state index in [4.69, 9.17) is 21.1 Å². The van der Waals surface area contributed by atoms with Crippen LogP contribution in [0.3, 0.4) is 0 Å². The van der Waals surface area contributed by atoms with Gasteiger partial charge in [0.15, 0.2) is 11.5 Å². The second-order valence-corrected chi connectivity index (χ2v) is 8.39. The Morgan fingerprint density at radius 3 is 2.46 bits per heavy atom.